The van der Waals surface area contributed by atoms with Gasteiger partial charge in [-0.2, -0.15) is 0 Å². The summed E-state index contributed by atoms with van der Waals surface area (Å²) in [4.78, 5) is 14.5. The van der Waals surface area contributed by atoms with Crippen LogP contribution in [0.15, 0.2) is 54.6 Å². The van der Waals surface area contributed by atoms with Gasteiger partial charge in [0.25, 0.3) is 0 Å². The van der Waals surface area contributed by atoms with Crippen molar-refractivity contribution in [1.29, 1.82) is 0 Å². The minimum absolute atomic E-state index is 0.104. The van der Waals surface area contributed by atoms with Crippen molar-refractivity contribution >= 4 is 11.6 Å². The van der Waals surface area contributed by atoms with Crippen molar-refractivity contribution in [1.82, 2.24) is 4.90 Å². The van der Waals surface area contributed by atoms with Crippen LogP contribution < -0.4 is 10.1 Å². The molecule has 0 spiro atoms. The molecule has 0 atom stereocenters. The summed E-state index contributed by atoms with van der Waals surface area (Å²) in [6.45, 7) is 2.72. The van der Waals surface area contributed by atoms with Gasteiger partial charge in [-0.25, -0.2) is 0 Å². The number of benzene rings is 2. The molecule has 0 saturated carbocycles. The summed E-state index contributed by atoms with van der Waals surface area (Å²) in [6, 6.07) is 17.7. The molecule has 0 unspecified atom stereocenters. The molecule has 1 amide bonds. The SMILES string of the molecule is CN1CCC(CC(=O)Nc2ccc(OCc3ccccc3)cc2)CC1. The van der Waals surface area contributed by atoms with Crippen LogP contribution in [0.25, 0.3) is 0 Å². The fraction of sp³-hybridized carbons (Fsp3) is 0.381. The number of nitrogens with zero attached hydrogens (tertiary/aromatic N) is 1. The van der Waals surface area contributed by atoms with Crippen LogP contribution in [0.1, 0.15) is 24.8 Å². The molecule has 0 aromatic heterocycles. The largest absolute Gasteiger partial charge is 0.489 e. The Morgan fingerprint density at radius 2 is 1.76 bits per heavy atom. The van der Waals surface area contributed by atoms with Crippen molar-refractivity contribution in [3.8, 4) is 5.75 Å². The monoisotopic (exact) mass is 338 g/mol. The predicted molar refractivity (Wildman–Crippen MR) is 101 cm³/mol. The Morgan fingerprint density at radius 3 is 2.44 bits per heavy atom. The normalized spacial score (nSPS) is 15.7. The van der Waals surface area contributed by atoms with Crippen LogP contribution in [0.2, 0.25) is 0 Å². The molecule has 1 fully saturated rings. The second kappa shape index (κ2) is 8.67. The van der Waals surface area contributed by atoms with Gasteiger partial charge >= 0.3 is 0 Å². The maximum absolute atomic E-state index is 12.2. The van der Waals surface area contributed by atoms with E-state index in [-0.39, 0.29) is 5.91 Å². The molecule has 4 heteroatoms. The minimum atomic E-state index is 0.104. The van der Waals surface area contributed by atoms with E-state index in [2.05, 4.69) is 17.3 Å². The van der Waals surface area contributed by atoms with Gasteiger partial charge in [0.2, 0.25) is 5.91 Å². The highest BCUT2D eigenvalue weighted by atomic mass is 16.5. The molecule has 3 rings (SSSR count). The van der Waals surface area contributed by atoms with Crippen molar-refractivity contribution in [2.45, 2.75) is 25.9 Å². The molecule has 1 aliphatic heterocycles. The first-order valence-electron chi connectivity index (χ1n) is 8.94. The van der Waals surface area contributed by atoms with Crippen LogP contribution in [0, 0.1) is 5.92 Å². The first-order chi connectivity index (χ1) is 12.2. The number of rotatable bonds is 6. The summed E-state index contributed by atoms with van der Waals surface area (Å²) >= 11 is 0. The molecule has 25 heavy (non-hydrogen) atoms. The molecular formula is C21H26N2O2. The lowest BCUT2D eigenvalue weighted by Crippen LogP contribution is -2.31. The molecular weight excluding hydrogens is 312 g/mol. The molecule has 2 aromatic rings. The van der Waals surface area contributed by atoms with Crippen LogP contribution >= 0.6 is 0 Å². The fourth-order valence-corrected chi connectivity index (χ4v) is 3.12. The van der Waals surface area contributed by atoms with Crippen molar-refractivity contribution in [2.75, 3.05) is 25.5 Å². The lowest BCUT2D eigenvalue weighted by Gasteiger charge is -2.28. The number of hydrogen-bond donors (Lipinski definition) is 1. The maximum Gasteiger partial charge on any atom is 0.224 e. The van der Waals surface area contributed by atoms with E-state index in [1.807, 2.05) is 54.6 Å². The van der Waals surface area contributed by atoms with Crippen LogP contribution in [0.5, 0.6) is 5.75 Å². The Morgan fingerprint density at radius 1 is 1.08 bits per heavy atom. The van der Waals surface area contributed by atoms with Gasteiger partial charge in [0.1, 0.15) is 12.4 Å². The third-order valence-electron chi connectivity index (χ3n) is 4.70. The number of carbonyl (C=O) groups excluding carboxylic acids is 1. The fourth-order valence-electron chi connectivity index (χ4n) is 3.12. The van der Waals surface area contributed by atoms with E-state index in [1.54, 1.807) is 0 Å². The number of amides is 1. The van der Waals surface area contributed by atoms with Gasteiger partial charge in [-0.05, 0) is 68.7 Å². The third kappa shape index (κ3) is 5.61. The third-order valence-corrected chi connectivity index (χ3v) is 4.70. The summed E-state index contributed by atoms with van der Waals surface area (Å²) < 4.78 is 5.77. The Bertz CT molecular complexity index is 662. The van der Waals surface area contributed by atoms with Crippen molar-refractivity contribution < 1.29 is 9.53 Å². The zero-order valence-corrected chi connectivity index (χ0v) is 14.8. The molecule has 4 nitrogen and oxygen atoms in total. The summed E-state index contributed by atoms with van der Waals surface area (Å²) in [6.07, 6.45) is 2.83. The van der Waals surface area contributed by atoms with Gasteiger partial charge in [-0.1, -0.05) is 30.3 Å². The zero-order chi connectivity index (χ0) is 17.5. The first kappa shape index (κ1) is 17.5. The second-order valence-electron chi connectivity index (χ2n) is 6.80. The van der Waals surface area contributed by atoms with Crippen molar-refractivity contribution in [3.63, 3.8) is 0 Å². The molecule has 1 saturated heterocycles. The van der Waals surface area contributed by atoms with E-state index in [9.17, 15) is 4.79 Å². The smallest absolute Gasteiger partial charge is 0.224 e. The Labute approximate surface area is 149 Å². The molecule has 132 valence electrons. The second-order valence-corrected chi connectivity index (χ2v) is 6.80. The van der Waals surface area contributed by atoms with Gasteiger partial charge in [-0.15, -0.1) is 0 Å². The lowest BCUT2D eigenvalue weighted by atomic mass is 9.93. The van der Waals surface area contributed by atoms with Gasteiger partial charge < -0.3 is 15.0 Å². The topological polar surface area (TPSA) is 41.6 Å². The van der Waals surface area contributed by atoms with E-state index in [0.29, 0.717) is 18.9 Å². The number of carbonyl (C=O) groups is 1. The van der Waals surface area contributed by atoms with Gasteiger partial charge in [-0.3, -0.25) is 4.79 Å². The minimum Gasteiger partial charge on any atom is -0.489 e. The van der Waals surface area contributed by atoms with Gasteiger partial charge in [0, 0.05) is 12.1 Å². The van der Waals surface area contributed by atoms with E-state index in [0.717, 1.165) is 42.9 Å². The van der Waals surface area contributed by atoms with Crippen LogP contribution in [-0.4, -0.2) is 30.9 Å². The van der Waals surface area contributed by atoms with Crippen molar-refractivity contribution in [3.05, 3.63) is 60.2 Å². The molecule has 0 bridgehead atoms. The average molecular weight is 338 g/mol. The standard InChI is InChI=1S/C21H26N2O2/c1-23-13-11-17(12-14-23)15-21(24)22-19-7-9-20(10-8-19)25-16-18-5-3-2-4-6-18/h2-10,17H,11-16H2,1H3,(H,22,24). The molecule has 1 N–H and O–H groups in total. The number of ether oxygens (including phenoxy) is 1. The summed E-state index contributed by atoms with van der Waals surface area (Å²) in [5.74, 6) is 1.41. The quantitative estimate of drug-likeness (QED) is 0.867. The molecule has 0 aliphatic carbocycles. The molecule has 2 aromatic carbocycles. The maximum atomic E-state index is 12.2. The summed E-state index contributed by atoms with van der Waals surface area (Å²) in [5.41, 5.74) is 1.96. The lowest BCUT2D eigenvalue weighted by molar-refractivity contribution is -0.117. The van der Waals surface area contributed by atoms with E-state index < -0.39 is 0 Å². The van der Waals surface area contributed by atoms with E-state index >= 15 is 0 Å². The summed E-state index contributed by atoms with van der Waals surface area (Å²) in [7, 11) is 2.14. The first-order valence-corrected chi connectivity index (χ1v) is 8.94. The number of piperidine rings is 1. The van der Waals surface area contributed by atoms with Crippen LogP contribution in [0.4, 0.5) is 5.69 Å². The molecule has 1 heterocycles. The van der Waals surface area contributed by atoms with Crippen molar-refractivity contribution in [2.24, 2.45) is 5.92 Å². The van der Waals surface area contributed by atoms with Gasteiger partial charge in [0.05, 0.1) is 0 Å². The number of anilines is 1. The number of hydrogen-bond acceptors (Lipinski definition) is 3. The van der Waals surface area contributed by atoms with Gasteiger partial charge in [0.15, 0.2) is 0 Å². The Hall–Kier alpha value is -2.33. The Balaban J connectivity index is 1.44. The zero-order valence-electron chi connectivity index (χ0n) is 14.8. The van der Waals surface area contributed by atoms with Crippen LogP contribution in [0.3, 0.4) is 0 Å². The van der Waals surface area contributed by atoms with E-state index in [4.69, 9.17) is 4.74 Å². The molecule has 0 radical (unpaired) electrons. The highest BCUT2D eigenvalue weighted by Crippen LogP contribution is 2.21. The number of nitrogens with one attached hydrogen (secondary N) is 1. The highest BCUT2D eigenvalue weighted by Gasteiger charge is 2.19. The highest BCUT2D eigenvalue weighted by molar-refractivity contribution is 5.90. The number of likely N-dealkylation sites (tertiary alicyclic amines) is 1. The average Bonchev–Trinajstić information content (AvgIpc) is 2.64. The summed E-state index contributed by atoms with van der Waals surface area (Å²) in [5, 5.41) is 2.99. The van der Waals surface area contributed by atoms with E-state index in [1.165, 1.54) is 0 Å². The Kier molecular flexibility index (Phi) is 6.07. The molecule has 1 aliphatic rings. The predicted octanol–water partition coefficient (Wildman–Crippen LogP) is 3.94. The van der Waals surface area contributed by atoms with Crippen LogP contribution in [-0.2, 0) is 11.4 Å².